The number of hydrogen-bond acceptors (Lipinski definition) is 6. The number of anilines is 1. The predicted molar refractivity (Wildman–Crippen MR) is 117 cm³/mol. The molecular formula is C21H31N5O2S. The Bertz CT molecular complexity index is 805. The Morgan fingerprint density at radius 1 is 1.31 bits per heavy atom. The lowest BCUT2D eigenvalue weighted by Crippen LogP contribution is -2.62. The highest BCUT2D eigenvalue weighted by Crippen LogP contribution is 2.26. The molecule has 3 rings (SSSR count). The molecule has 2 N–H and O–H groups in total. The predicted octanol–water partition coefficient (Wildman–Crippen LogP) is 3.68. The Kier molecular flexibility index (Phi) is 6.87. The van der Waals surface area contributed by atoms with Gasteiger partial charge in [0.15, 0.2) is 5.13 Å². The quantitative estimate of drug-likeness (QED) is 0.749. The Morgan fingerprint density at radius 3 is 2.69 bits per heavy atom. The molecule has 3 heterocycles. The Labute approximate surface area is 176 Å². The van der Waals surface area contributed by atoms with Gasteiger partial charge in [0.2, 0.25) is 0 Å². The number of amides is 2. The highest BCUT2D eigenvalue weighted by atomic mass is 32.1. The number of thiazole rings is 1. The number of pyridine rings is 1. The van der Waals surface area contributed by atoms with Gasteiger partial charge in [0.1, 0.15) is 0 Å². The van der Waals surface area contributed by atoms with Gasteiger partial charge in [0.25, 0.3) is 0 Å². The van der Waals surface area contributed by atoms with Crippen LogP contribution in [0.15, 0.2) is 29.9 Å². The third kappa shape index (κ3) is 5.52. The smallest absolute Gasteiger partial charge is 0.323 e. The zero-order valence-corrected chi connectivity index (χ0v) is 18.4. The molecule has 1 fully saturated rings. The number of hydrogen-bond donors (Lipinski definition) is 2. The first-order chi connectivity index (χ1) is 13.8. The van der Waals surface area contributed by atoms with Crippen LogP contribution in [0, 0.1) is 0 Å². The molecule has 0 saturated carbocycles. The summed E-state index contributed by atoms with van der Waals surface area (Å²) in [7, 11) is 0. The van der Waals surface area contributed by atoms with Gasteiger partial charge in [-0.25, -0.2) is 9.78 Å². The summed E-state index contributed by atoms with van der Waals surface area (Å²) in [6, 6.07) is 4.06. The van der Waals surface area contributed by atoms with E-state index in [2.05, 4.69) is 34.0 Å². The first-order valence-corrected chi connectivity index (χ1v) is 11.1. The van der Waals surface area contributed by atoms with Gasteiger partial charge >= 0.3 is 6.03 Å². The molecule has 0 radical (unpaired) electrons. The summed E-state index contributed by atoms with van der Waals surface area (Å²) >= 11 is 1.42. The van der Waals surface area contributed by atoms with Gasteiger partial charge in [-0.15, -0.1) is 11.3 Å². The fourth-order valence-corrected chi connectivity index (χ4v) is 4.54. The molecule has 0 bridgehead atoms. The minimum absolute atomic E-state index is 0.106. The summed E-state index contributed by atoms with van der Waals surface area (Å²) in [5.41, 5.74) is 0.994. The van der Waals surface area contributed by atoms with E-state index in [0.29, 0.717) is 18.2 Å². The van der Waals surface area contributed by atoms with E-state index in [1.54, 1.807) is 12.4 Å². The zero-order valence-electron chi connectivity index (χ0n) is 17.6. The lowest BCUT2D eigenvalue weighted by Gasteiger charge is -2.47. The number of aromatic nitrogens is 2. The van der Waals surface area contributed by atoms with Crippen molar-refractivity contribution >= 4 is 22.5 Å². The summed E-state index contributed by atoms with van der Waals surface area (Å²) in [5.74, 6) is 0. The van der Waals surface area contributed by atoms with Crippen molar-refractivity contribution in [1.82, 2.24) is 19.8 Å². The number of carbonyl (C=O) groups is 1. The van der Waals surface area contributed by atoms with Gasteiger partial charge in [-0.1, -0.05) is 13.8 Å². The Hall–Kier alpha value is -2.03. The first kappa shape index (κ1) is 21.7. The minimum atomic E-state index is -0.750. The fourth-order valence-electron chi connectivity index (χ4n) is 3.83. The van der Waals surface area contributed by atoms with Crippen molar-refractivity contribution in [3.63, 3.8) is 0 Å². The highest BCUT2D eigenvalue weighted by Gasteiger charge is 2.36. The fraction of sp³-hybridized carbons (Fsp3) is 0.571. The monoisotopic (exact) mass is 417 g/mol. The molecule has 2 amide bonds. The number of nitrogens with zero attached hydrogens (tertiary/aromatic N) is 4. The largest absolute Gasteiger partial charge is 0.389 e. The molecule has 2 aromatic rings. The molecule has 7 nitrogen and oxygen atoms in total. The third-order valence-corrected chi connectivity index (χ3v) is 6.04. The van der Waals surface area contributed by atoms with Crippen molar-refractivity contribution in [2.45, 2.75) is 58.2 Å². The van der Waals surface area contributed by atoms with Crippen LogP contribution in [0.25, 0.3) is 11.3 Å². The van der Waals surface area contributed by atoms with E-state index in [1.807, 2.05) is 36.3 Å². The summed E-state index contributed by atoms with van der Waals surface area (Å²) in [5, 5.41) is 15.8. The standard InChI is InChI=1S/C21H31N5O2S/c1-5-16-12-26(17(6-2)11-25(16)14-21(3,4)28)20(27)24-19-23-18(13-29-19)15-8-7-9-22-10-15/h7-10,13,16-17,28H,5-6,11-12,14H2,1-4H3,(H,23,24,27)/t16-,17+/m0/s1. The highest BCUT2D eigenvalue weighted by molar-refractivity contribution is 7.14. The van der Waals surface area contributed by atoms with Gasteiger partial charge in [-0.05, 0) is 38.8 Å². The maximum Gasteiger partial charge on any atom is 0.323 e. The van der Waals surface area contributed by atoms with Gasteiger partial charge < -0.3 is 10.0 Å². The van der Waals surface area contributed by atoms with Crippen LogP contribution in [0.5, 0.6) is 0 Å². The van der Waals surface area contributed by atoms with E-state index in [4.69, 9.17) is 0 Å². The molecule has 0 unspecified atom stereocenters. The van der Waals surface area contributed by atoms with Crippen molar-refractivity contribution in [3.05, 3.63) is 29.9 Å². The van der Waals surface area contributed by atoms with Crippen LogP contribution in [0.4, 0.5) is 9.93 Å². The van der Waals surface area contributed by atoms with E-state index < -0.39 is 5.60 Å². The van der Waals surface area contributed by atoms with Gasteiger partial charge in [-0.2, -0.15) is 0 Å². The summed E-state index contributed by atoms with van der Waals surface area (Å²) in [6.45, 7) is 9.93. The molecule has 2 aromatic heterocycles. The van der Waals surface area contributed by atoms with Crippen LogP contribution in [0.3, 0.4) is 0 Å². The maximum absolute atomic E-state index is 13.0. The van der Waals surface area contributed by atoms with E-state index in [9.17, 15) is 9.90 Å². The van der Waals surface area contributed by atoms with E-state index in [1.165, 1.54) is 11.3 Å². The van der Waals surface area contributed by atoms with Gasteiger partial charge in [-0.3, -0.25) is 15.2 Å². The lowest BCUT2D eigenvalue weighted by molar-refractivity contribution is -0.0173. The molecule has 158 valence electrons. The zero-order chi connectivity index (χ0) is 21.0. The van der Waals surface area contributed by atoms with Gasteiger partial charge in [0.05, 0.1) is 11.3 Å². The maximum atomic E-state index is 13.0. The van der Waals surface area contributed by atoms with Crippen LogP contribution in [0.1, 0.15) is 40.5 Å². The molecular weight excluding hydrogens is 386 g/mol. The molecule has 1 aliphatic heterocycles. The number of carbonyl (C=O) groups excluding carboxylic acids is 1. The van der Waals surface area contributed by atoms with Crippen molar-refractivity contribution in [2.24, 2.45) is 0 Å². The Balaban J connectivity index is 1.69. The van der Waals surface area contributed by atoms with Crippen molar-refractivity contribution in [3.8, 4) is 11.3 Å². The number of aliphatic hydroxyl groups is 1. The normalized spacial score (nSPS) is 20.7. The second-order valence-electron chi connectivity index (χ2n) is 8.23. The molecule has 0 aliphatic carbocycles. The van der Waals surface area contributed by atoms with Crippen LogP contribution in [-0.4, -0.2) is 68.2 Å². The molecule has 8 heteroatoms. The minimum Gasteiger partial charge on any atom is -0.389 e. The number of piperazine rings is 1. The topological polar surface area (TPSA) is 81.6 Å². The second kappa shape index (κ2) is 9.19. The molecule has 0 spiro atoms. The summed E-state index contributed by atoms with van der Waals surface area (Å²) in [4.78, 5) is 26.0. The van der Waals surface area contributed by atoms with Crippen LogP contribution < -0.4 is 5.32 Å². The average Bonchev–Trinajstić information content (AvgIpc) is 3.15. The average molecular weight is 418 g/mol. The first-order valence-electron chi connectivity index (χ1n) is 10.2. The molecule has 0 aromatic carbocycles. The Morgan fingerprint density at radius 2 is 2.07 bits per heavy atom. The number of nitrogens with one attached hydrogen (secondary N) is 1. The third-order valence-electron chi connectivity index (χ3n) is 5.28. The van der Waals surface area contributed by atoms with Gasteiger partial charge in [0, 0.05) is 55.1 Å². The van der Waals surface area contributed by atoms with Crippen LogP contribution in [0.2, 0.25) is 0 Å². The molecule has 2 atom stereocenters. The number of rotatable bonds is 6. The van der Waals surface area contributed by atoms with Crippen molar-refractivity contribution < 1.29 is 9.90 Å². The van der Waals surface area contributed by atoms with Crippen LogP contribution in [-0.2, 0) is 0 Å². The summed E-state index contributed by atoms with van der Waals surface area (Å²) < 4.78 is 0. The van der Waals surface area contributed by atoms with Crippen LogP contribution >= 0.6 is 11.3 Å². The number of urea groups is 1. The molecule has 29 heavy (non-hydrogen) atoms. The molecule has 1 aliphatic rings. The number of β-amino-alcohol motifs (C(OH)–C–C–N with tert-alkyl or cyclic N) is 1. The molecule has 1 saturated heterocycles. The van der Waals surface area contributed by atoms with Crippen molar-refractivity contribution in [2.75, 3.05) is 25.0 Å². The SMILES string of the molecule is CC[C@H]1CN(C(=O)Nc2nc(-c3cccnc3)cs2)[C@H](CC)CN1CC(C)(C)O. The van der Waals surface area contributed by atoms with E-state index in [-0.39, 0.29) is 18.1 Å². The second-order valence-corrected chi connectivity index (χ2v) is 9.09. The summed E-state index contributed by atoms with van der Waals surface area (Å²) in [6.07, 6.45) is 5.29. The van der Waals surface area contributed by atoms with Crippen molar-refractivity contribution in [1.29, 1.82) is 0 Å². The van der Waals surface area contributed by atoms with E-state index in [0.717, 1.165) is 30.6 Å². The lowest BCUT2D eigenvalue weighted by atomic mass is 10.00. The van der Waals surface area contributed by atoms with E-state index >= 15 is 0 Å².